The standard InChI is InChI=1S/C22H37ClN6O/c1-14-2-3-16(8-18(14)23)19-26-10-17(11-27-21(30)22(13-25)5-6-22)20(28-19)29-7-4-15(9-24)12-29/h14-20,26,28H,2-12,24H2,1H3,(H,27,30). The second kappa shape index (κ2) is 9.30. The molecule has 30 heavy (non-hydrogen) atoms. The van der Waals surface area contributed by atoms with E-state index in [0.717, 1.165) is 39.0 Å². The van der Waals surface area contributed by atoms with Crippen LogP contribution in [0.3, 0.4) is 0 Å². The zero-order valence-electron chi connectivity index (χ0n) is 18.1. The van der Waals surface area contributed by atoms with Gasteiger partial charge >= 0.3 is 0 Å². The van der Waals surface area contributed by atoms with E-state index >= 15 is 0 Å². The van der Waals surface area contributed by atoms with Crippen LogP contribution >= 0.6 is 11.6 Å². The molecule has 2 aliphatic carbocycles. The van der Waals surface area contributed by atoms with Gasteiger partial charge in [0.15, 0.2) is 0 Å². The van der Waals surface area contributed by atoms with Gasteiger partial charge in [0.05, 0.1) is 18.4 Å². The van der Waals surface area contributed by atoms with Gasteiger partial charge in [-0.2, -0.15) is 5.26 Å². The van der Waals surface area contributed by atoms with Gasteiger partial charge in [0, 0.05) is 37.5 Å². The van der Waals surface area contributed by atoms with Gasteiger partial charge in [0.25, 0.3) is 0 Å². The van der Waals surface area contributed by atoms with E-state index in [1.54, 1.807) is 0 Å². The molecule has 0 aromatic carbocycles. The number of hydrogen-bond donors (Lipinski definition) is 4. The molecule has 7 nitrogen and oxygen atoms in total. The number of alkyl halides is 1. The number of rotatable bonds is 6. The third kappa shape index (κ3) is 4.63. The van der Waals surface area contributed by atoms with Crippen molar-refractivity contribution < 1.29 is 4.79 Å². The fraction of sp³-hybridized carbons (Fsp3) is 0.909. The predicted molar refractivity (Wildman–Crippen MR) is 117 cm³/mol. The van der Waals surface area contributed by atoms with Crippen LogP contribution < -0.4 is 21.7 Å². The molecule has 5 N–H and O–H groups in total. The lowest BCUT2D eigenvalue weighted by Gasteiger charge is -2.47. The number of halogens is 1. The number of nitrogens with one attached hydrogen (secondary N) is 3. The Bertz CT molecular complexity index is 665. The average Bonchev–Trinajstić information content (AvgIpc) is 3.43. The number of nitrogens with zero attached hydrogens (tertiary/aromatic N) is 2. The summed E-state index contributed by atoms with van der Waals surface area (Å²) in [6, 6.07) is 2.20. The van der Waals surface area contributed by atoms with Crippen molar-refractivity contribution >= 4 is 17.5 Å². The molecular weight excluding hydrogens is 400 g/mol. The van der Waals surface area contributed by atoms with E-state index in [9.17, 15) is 10.1 Å². The Morgan fingerprint density at radius 2 is 2.17 bits per heavy atom. The molecule has 7 atom stereocenters. The van der Waals surface area contributed by atoms with Gasteiger partial charge in [-0.1, -0.05) is 6.92 Å². The summed E-state index contributed by atoms with van der Waals surface area (Å²) in [5, 5.41) is 20.2. The number of nitrogens with two attached hydrogens (primary N) is 1. The molecule has 0 bridgehead atoms. The first-order chi connectivity index (χ1) is 14.5. The Kier molecular flexibility index (Phi) is 6.91. The predicted octanol–water partition coefficient (Wildman–Crippen LogP) is 1.19. The molecule has 0 aromatic heterocycles. The van der Waals surface area contributed by atoms with Crippen LogP contribution in [0.1, 0.15) is 45.4 Å². The van der Waals surface area contributed by atoms with Crippen LogP contribution in [0.25, 0.3) is 0 Å². The number of carbonyl (C=O) groups excluding carboxylic acids is 1. The summed E-state index contributed by atoms with van der Waals surface area (Å²) in [6.45, 7) is 6.47. The topological polar surface area (TPSA) is 106 Å². The summed E-state index contributed by atoms with van der Waals surface area (Å²) >= 11 is 6.60. The molecule has 4 fully saturated rings. The lowest BCUT2D eigenvalue weighted by Crippen LogP contribution is -2.67. The smallest absolute Gasteiger partial charge is 0.240 e. The van der Waals surface area contributed by atoms with Crippen molar-refractivity contribution in [1.29, 1.82) is 5.26 Å². The Morgan fingerprint density at radius 3 is 2.80 bits per heavy atom. The first-order valence-corrected chi connectivity index (χ1v) is 12.2. The number of likely N-dealkylation sites (tertiary alicyclic amines) is 1. The normalized spacial score (nSPS) is 41.2. The molecule has 2 saturated carbocycles. The third-order valence-corrected chi connectivity index (χ3v) is 8.58. The van der Waals surface area contributed by atoms with Gasteiger partial charge in [0.2, 0.25) is 5.91 Å². The molecule has 8 heteroatoms. The second-order valence-corrected chi connectivity index (χ2v) is 10.7. The highest BCUT2D eigenvalue weighted by Crippen LogP contribution is 2.45. The maximum absolute atomic E-state index is 12.5. The van der Waals surface area contributed by atoms with Gasteiger partial charge in [-0.05, 0) is 62.8 Å². The summed E-state index contributed by atoms with van der Waals surface area (Å²) in [4.78, 5) is 15.0. The quantitative estimate of drug-likeness (QED) is 0.466. The average molecular weight is 437 g/mol. The van der Waals surface area contributed by atoms with Crippen molar-refractivity contribution in [1.82, 2.24) is 20.9 Å². The van der Waals surface area contributed by atoms with E-state index in [1.807, 2.05) is 0 Å². The molecule has 168 valence electrons. The van der Waals surface area contributed by atoms with Crippen LogP contribution in [0.15, 0.2) is 0 Å². The highest BCUT2D eigenvalue weighted by atomic mass is 35.5. The van der Waals surface area contributed by atoms with Crippen molar-refractivity contribution in [3.05, 3.63) is 0 Å². The highest BCUT2D eigenvalue weighted by molar-refractivity contribution is 6.20. The van der Waals surface area contributed by atoms with E-state index in [4.69, 9.17) is 17.3 Å². The summed E-state index contributed by atoms with van der Waals surface area (Å²) in [5.41, 5.74) is 5.18. The van der Waals surface area contributed by atoms with E-state index < -0.39 is 5.41 Å². The van der Waals surface area contributed by atoms with Crippen LogP contribution in [0.2, 0.25) is 0 Å². The molecule has 0 aromatic rings. The van der Waals surface area contributed by atoms with E-state index in [0.29, 0.717) is 37.1 Å². The summed E-state index contributed by atoms with van der Waals surface area (Å²) < 4.78 is 0. The molecule has 4 aliphatic rings. The summed E-state index contributed by atoms with van der Waals surface area (Å²) in [7, 11) is 0. The van der Waals surface area contributed by atoms with Gasteiger partial charge in [-0.25, -0.2) is 0 Å². The number of hydrogen-bond acceptors (Lipinski definition) is 6. The molecule has 1 amide bonds. The largest absolute Gasteiger partial charge is 0.354 e. The minimum absolute atomic E-state index is 0.0987. The highest BCUT2D eigenvalue weighted by Gasteiger charge is 2.51. The zero-order valence-corrected chi connectivity index (χ0v) is 18.8. The molecule has 2 saturated heterocycles. The van der Waals surface area contributed by atoms with Gasteiger partial charge in [-0.3, -0.25) is 15.0 Å². The van der Waals surface area contributed by atoms with Gasteiger partial charge in [0.1, 0.15) is 5.41 Å². The van der Waals surface area contributed by atoms with E-state index in [2.05, 4.69) is 33.8 Å². The van der Waals surface area contributed by atoms with Gasteiger partial charge in [-0.15, -0.1) is 11.6 Å². The Morgan fingerprint density at radius 1 is 1.37 bits per heavy atom. The fourth-order valence-corrected chi connectivity index (χ4v) is 5.83. The van der Waals surface area contributed by atoms with Crippen LogP contribution in [-0.2, 0) is 4.79 Å². The maximum Gasteiger partial charge on any atom is 0.240 e. The minimum Gasteiger partial charge on any atom is -0.354 e. The molecular formula is C22H37ClN6O. The molecule has 0 spiro atoms. The van der Waals surface area contributed by atoms with Crippen LogP contribution in [-0.4, -0.2) is 61.2 Å². The first-order valence-electron chi connectivity index (χ1n) is 11.7. The molecule has 4 rings (SSSR count). The fourth-order valence-electron chi connectivity index (χ4n) is 5.47. The second-order valence-electron chi connectivity index (χ2n) is 10.1. The monoisotopic (exact) mass is 436 g/mol. The van der Waals surface area contributed by atoms with E-state index in [1.165, 1.54) is 12.8 Å². The molecule has 7 unspecified atom stereocenters. The van der Waals surface area contributed by atoms with Crippen molar-refractivity contribution in [2.45, 2.75) is 63.2 Å². The maximum atomic E-state index is 12.5. The lowest BCUT2D eigenvalue weighted by molar-refractivity contribution is -0.124. The van der Waals surface area contributed by atoms with E-state index in [-0.39, 0.29) is 29.5 Å². The minimum atomic E-state index is -0.764. The van der Waals surface area contributed by atoms with Crippen LogP contribution in [0.5, 0.6) is 0 Å². The Hall–Kier alpha value is -0.910. The van der Waals surface area contributed by atoms with Crippen LogP contribution in [0.4, 0.5) is 0 Å². The molecule has 0 radical (unpaired) electrons. The lowest BCUT2D eigenvalue weighted by atomic mass is 9.80. The molecule has 2 heterocycles. The zero-order chi connectivity index (χ0) is 21.3. The molecule has 2 aliphatic heterocycles. The summed E-state index contributed by atoms with van der Waals surface area (Å²) in [6.07, 6.45) is 6.38. The van der Waals surface area contributed by atoms with Crippen LogP contribution in [0, 0.1) is 40.4 Å². The van der Waals surface area contributed by atoms with Crippen molar-refractivity contribution in [3.8, 4) is 6.07 Å². The van der Waals surface area contributed by atoms with Crippen molar-refractivity contribution in [2.24, 2.45) is 34.8 Å². The number of amides is 1. The Balaban J connectivity index is 1.40. The number of nitriles is 1. The SMILES string of the molecule is CC1CCC(C2NCC(CNC(=O)C3(C#N)CC3)C(N3CCC(CN)C3)N2)CC1Cl. The third-order valence-electron chi connectivity index (χ3n) is 7.97. The number of carbonyl (C=O) groups is 1. The van der Waals surface area contributed by atoms with Crippen molar-refractivity contribution in [3.63, 3.8) is 0 Å². The van der Waals surface area contributed by atoms with Gasteiger partial charge < -0.3 is 16.4 Å². The van der Waals surface area contributed by atoms with Crippen molar-refractivity contribution in [2.75, 3.05) is 32.7 Å². The Labute approximate surface area is 185 Å². The summed E-state index contributed by atoms with van der Waals surface area (Å²) in [5.74, 6) is 1.82. The first kappa shape index (κ1) is 22.3.